The molecule has 0 aromatic heterocycles. The lowest BCUT2D eigenvalue weighted by atomic mass is 10.1. The van der Waals surface area contributed by atoms with Gasteiger partial charge in [-0.1, -0.05) is 32.0 Å². The first-order valence-electron chi connectivity index (χ1n) is 8.83. The molecule has 0 unspecified atom stereocenters. The first-order chi connectivity index (χ1) is 12.8. The summed E-state index contributed by atoms with van der Waals surface area (Å²) in [7, 11) is -1.98. The molecule has 0 spiro atoms. The van der Waals surface area contributed by atoms with Gasteiger partial charge in [-0.3, -0.25) is 4.79 Å². The molecule has 0 aliphatic heterocycles. The summed E-state index contributed by atoms with van der Waals surface area (Å²) in [5.74, 6) is 0.839. The van der Waals surface area contributed by atoms with Crippen molar-refractivity contribution >= 4 is 15.9 Å². The Hall–Kier alpha value is -2.38. The van der Waals surface area contributed by atoms with E-state index in [1.54, 1.807) is 7.11 Å². The number of ether oxygens (including phenoxy) is 1. The molecule has 146 valence electrons. The number of nitrogens with one attached hydrogen (secondary N) is 2. The second-order valence-electron chi connectivity index (χ2n) is 6.60. The molecular formula is C20H26N2O4S. The molecule has 2 rings (SSSR count). The zero-order valence-electron chi connectivity index (χ0n) is 15.9. The summed E-state index contributed by atoms with van der Waals surface area (Å²) in [6.45, 7) is 4.78. The molecule has 2 N–H and O–H groups in total. The minimum absolute atomic E-state index is 0.146. The lowest BCUT2D eigenvalue weighted by Gasteiger charge is -2.10. The zero-order chi connectivity index (χ0) is 19.9. The van der Waals surface area contributed by atoms with Crippen LogP contribution < -0.4 is 14.8 Å². The number of rotatable bonds is 9. The Morgan fingerprint density at radius 1 is 1.07 bits per heavy atom. The molecule has 1 amide bonds. The molecule has 0 heterocycles. The van der Waals surface area contributed by atoms with E-state index in [-0.39, 0.29) is 10.8 Å². The van der Waals surface area contributed by atoms with Crippen molar-refractivity contribution in [2.75, 3.05) is 13.7 Å². The molecule has 0 aliphatic rings. The third-order valence-corrected chi connectivity index (χ3v) is 5.55. The molecule has 0 fully saturated rings. The van der Waals surface area contributed by atoms with Gasteiger partial charge in [0, 0.05) is 24.2 Å². The smallest absolute Gasteiger partial charge is 0.251 e. The maximum atomic E-state index is 12.3. The first-order valence-corrected chi connectivity index (χ1v) is 10.3. The van der Waals surface area contributed by atoms with Gasteiger partial charge in [0.2, 0.25) is 10.0 Å². The van der Waals surface area contributed by atoms with Crippen molar-refractivity contribution in [2.24, 2.45) is 5.92 Å². The van der Waals surface area contributed by atoms with Gasteiger partial charge in [-0.15, -0.1) is 0 Å². The van der Waals surface area contributed by atoms with Crippen LogP contribution in [0.3, 0.4) is 0 Å². The normalized spacial score (nSPS) is 11.4. The fourth-order valence-corrected chi connectivity index (χ4v) is 3.52. The molecule has 7 heteroatoms. The highest BCUT2D eigenvalue weighted by atomic mass is 32.2. The van der Waals surface area contributed by atoms with E-state index in [2.05, 4.69) is 10.0 Å². The minimum Gasteiger partial charge on any atom is -0.496 e. The van der Waals surface area contributed by atoms with Crippen molar-refractivity contribution in [3.05, 3.63) is 59.7 Å². The number of sulfonamides is 1. The Balaban J connectivity index is 1.98. The fraction of sp³-hybridized carbons (Fsp3) is 0.350. The van der Waals surface area contributed by atoms with Gasteiger partial charge in [0.05, 0.1) is 12.0 Å². The average molecular weight is 391 g/mol. The second-order valence-corrected chi connectivity index (χ2v) is 8.37. The van der Waals surface area contributed by atoms with Crippen LogP contribution in [0.25, 0.3) is 0 Å². The van der Waals surface area contributed by atoms with E-state index in [0.29, 0.717) is 30.3 Å². The van der Waals surface area contributed by atoms with Crippen molar-refractivity contribution in [1.82, 2.24) is 10.0 Å². The van der Waals surface area contributed by atoms with Crippen LogP contribution in [-0.2, 0) is 16.6 Å². The summed E-state index contributed by atoms with van der Waals surface area (Å²) in [6.07, 6.45) is 0.767. The maximum absolute atomic E-state index is 12.3. The number of hydrogen-bond donors (Lipinski definition) is 2. The Morgan fingerprint density at radius 3 is 2.37 bits per heavy atom. The summed E-state index contributed by atoms with van der Waals surface area (Å²) in [6, 6.07) is 13.3. The number of amides is 1. The molecule has 27 heavy (non-hydrogen) atoms. The maximum Gasteiger partial charge on any atom is 0.251 e. The van der Waals surface area contributed by atoms with Gasteiger partial charge in [0.25, 0.3) is 5.91 Å². The van der Waals surface area contributed by atoms with Crippen LogP contribution in [0, 0.1) is 5.92 Å². The van der Waals surface area contributed by atoms with E-state index in [1.807, 2.05) is 38.1 Å². The quantitative estimate of drug-likeness (QED) is 0.689. The van der Waals surface area contributed by atoms with Crippen molar-refractivity contribution in [3.8, 4) is 5.75 Å². The highest BCUT2D eigenvalue weighted by molar-refractivity contribution is 7.89. The van der Waals surface area contributed by atoms with Gasteiger partial charge in [-0.25, -0.2) is 13.1 Å². The second kappa shape index (κ2) is 9.53. The Kier molecular flexibility index (Phi) is 7.38. The van der Waals surface area contributed by atoms with E-state index in [1.165, 1.54) is 24.3 Å². The third kappa shape index (κ3) is 6.08. The number of carbonyl (C=O) groups is 1. The summed E-state index contributed by atoms with van der Waals surface area (Å²) in [5, 5.41) is 2.81. The van der Waals surface area contributed by atoms with Gasteiger partial charge < -0.3 is 10.1 Å². The zero-order valence-corrected chi connectivity index (χ0v) is 16.7. The van der Waals surface area contributed by atoms with Gasteiger partial charge in [-0.2, -0.15) is 0 Å². The summed E-state index contributed by atoms with van der Waals surface area (Å²) >= 11 is 0. The monoisotopic (exact) mass is 390 g/mol. The molecule has 0 radical (unpaired) electrons. The van der Waals surface area contributed by atoms with Crippen molar-refractivity contribution in [2.45, 2.75) is 31.7 Å². The van der Waals surface area contributed by atoms with Crippen LogP contribution >= 0.6 is 0 Å². The topological polar surface area (TPSA) is 84.5 Å². The number of carbonyl (C=O) groups excluding carboxylic acids is 1. The summed E-state index contributed by atoms with van der Waals surface area (Å²) in [4.78, 5) is 12.5. The summed E-state index contributed by atoms with van der Waals surface area (Å²) in [5.41, 5.74) is 1.26. The molecule has 6 nitrogen and oxygen atoms in total. The lowest BCUT2D eigenvalue weighted by Crippen LogP contribution is -2.26. The van der Waals surface area contributed by atoms with Crippen LogP contribution in [0.5, 0.6) is 5.75 Å². The number of benzene rings is 2. The van der Waals surface area contributed by atoms with Crippen molar-refractivity contribution < 1.29 is 17.9 Å². The fourth-order valence-electron chi connectivity index (χ4n) is 2.48. The molecule has 2 aromatic rings. The van der Waals surface area contributed by atoms with Crippen LogP contribution in [0.15, 0.2) is 53.4 Å². The summed E-state index contributed by atoms with van der Waals surface area (Å²) < 4.78 is 32.3. The Labute approximate surface area is 161 Å². The van der Waals surface area contributed by atoms with Crippen LogP contribution in [0.1, 0.15) is 36.2 Å². The first kappa shape index (κ1) is 20.9. The molecule has 0 aliphatic carbocycles. The van der Waals surface area contributed by atoms with E-state index in [0.717, 1.165) is 12.0 Å². The Bertz CT molecular complexity index is 862. The van der Waals surface area contributed by atoms with Gasteiger partial charge >= 0.3 is 0 Å². The third-order valence-electron chi connectivity index (χ3n) is 4.07. The molecule has 0 saturated heterocycles. The molecular weight excluding hydrogens is 364 g/mol. The average Bonchev–Trinajstić information content (AvgIpc) is 2.66. The van der Waals surface area contributed by atoms with Gasteiger partial charge in [0.1, 0.15) is 5.75 Å². The molecule has 0 saturated carbocycles. The van der Waals surface area contributed by atoms with Crippen LogP contribution in [0.2, 0.25) is 0 Å². The van der Waals surface area contributed by atoms with Gasteiger partial charge in [-0.05, 0) is 42.7 Å². The predicted octanol–water partition coefficient (Wildman–Crippen LogP) is 2.95. The number of para-hydroxylation sites is 1. The van der Waals surface area contributed by atoms with E-state index in [4.69, 9.17) is 4.74 Å². The molecule has 0 bridgehead atoms. The highest BCUT2D eigenvalue weighted by Crippen LogP contribution is 2.17. The highest BCUT2D eigenvalue weighted by Gasteiger charge is 2.15. The van der Waals surface area contributed by atoms with E-state index < -0.39 is 10.0 Å². The molecule has 0 atom stereocenters. The minimum atomic E-state index is -3.56. The number of methoxy groups -OCH3 is 1. The van der Waals surface area contributed by atoms with Crippen molar-refractivity contribution in [1.29, 1.82) is 0 Å². The Morgan fingerprint density at radius 2 is 1.74 bits per heavy atom. The van der Waals surface area contributed by atoms with E-state index in [9.17, 15) is 13.2 Å². The number of hydrogen-bond acceptors (Lipinski definition) is 4. The molecule has 2 aromatic carbocycles. The van der Waals surface area contributed by atoms with Crippen LogP contribution in [0.4, 0.5) is 0 Å². The standard InChI is InChI=1S/C20H26N2O4S/c1-15(2)12-13-22-27(24,25)18-10-8-16(9-11-18)20(23)21-14-17-6-4-5-7-19(17)26-3/h4-11,15,22H,12-14H2,1-3H3,(H,21,23). The van der Waals surface area contributed by atoms with Crippen LogP contribution in [-0.4, -0.2) is 28.0 Å². The predicted molar refractivity (Wildman–Crippen MR) is 105 cm³/mol. The van der Waals surface area contributed by atoms with Crippen molar-refractivity contribution in [3.63, 3.8) is 0 Å². The SMILES string of the molecule is COc1ccccc1CNC(=O)c1ccc(S(=O)(=O)NCCC(C)C)cc1. The van der Waals surface area contributed by atoms with E-state index >= 15 is 0 Å². The van der Waals surface area contributed by atoms with Gasteiger partial charge in [0.15, 0.2) is 0 Å². The largest absolute Gasteiger partial charge is 0.496 e. The lowest BCUT2D eigenvalue weighted by molar-refractivity contribution is 0.0950.